The molecule has 0 radical (unpaired) electrons. The van der Waals surface area contributed by atoms with Crippen LogP contribution in [0.1, 0.15) is 32.1 Å². The number of sulfonamides is 1. The quantitative estimate of drug-likeness (QED) is 0.874. The van der Waals surface area contributed by atoms with Crippen LogP contribution in [-0.2, 0) is 14.8 Å². The maximum Gasteiger partial charge on any atom is 0.240 e. The Morgan fingerprint density at radius 1 is 1.18 bits per heavy atom. The van der Waals surface area contributed by atoms with Gasteiger partial charge in [-0.1, -0.05) is 6.42 Å². The number of fused-ring (bicyclic) bond motifs is 2. The van der Waals surface area contributed by atoms with Gasteiger partial charge in [-0.05, 0) is 68.3 Å². The molecule has 1 aromatic rings. The SMILES string of the molecule is CNS(=O)(=O)c1ccc(NC(=O)C[C@@H]2C[C@@H]3CC[C@@H]2C3)cc1. The minimum absolute atomic E-state index is 0.0294. The summed E-state index contributed by atoms with van der Waals surface area (Å²) in [4.78, 5) is 12.3. The molecule has 0 aromatic heterocycles. The summed E-state index contributed by atoms with van der Waals surface area (Å²) in [5, 5.41) is 2.87. The minimum Gasteiger partial charge on any atom is -0.326 e. The van der Waals surface area contributed by atoms with Crippen LogP contribution in [0.5, 0.6) is 0 Å². The number of carbonyl (C=O) groups excluding carboxylic acids is 1. The molecule has 5 nitrogen and oxygen atoms in total. The fourth-order valence-electron chi connectivity index (χ4n) is 3.91. The van der Waals surface area contributed by atoms with Crippen molar-refractivity contribution in [2.24, 2.45) is 17.8 Å². The molecule has 0 unspecified atom stereocenters. The molecule has 6 heteroatoms. The second-order valence-corrected chi connectivity index (χ2v) is 8.31. The predicted octanol–water partition coefficient (Wildman–Crippen LogP) is 2.36. The molecule has 2 aliphatic carbocycles. The highest BCUT2D eigenvalue weighted by atomic mass is 32.2. The van der Waals surface area contributed by atoms with Crippen molar-refractivity contribution in [2.75, 3.05) is 12.4 Å². The first-order chi connectivity index (χ1) is 10.5. The molecule has 0 heterocycles. The van der Waals surface area contributed by atoms with Gasteiger partial charge in [-0.25, -0.2) is 13.1 Å². The van der Waals surface area contributed by atoms with Crippen molar-refractivity contribution in [3.63, 3.8) is 0 Å². The summed E-state index contributed by atoms with van der Waals surface area (Å²) < 4.78 is 25.5. The summed E-state index contributed by atoms with van der Waals surface area (Å²) >= 11 is 0. The maximum absolute atomic E-state index is 12.1. The van der Waals surface area contributed by atoms with Crippen molar-refractivity contribution in [1.82, 2.24) is 4.72 Å². The monoisotopic (exact) mass is 322 g/mol. The van der Waals surface area contributed by atoms with Gasteiger partial charge in [-0.3, -0.25) is 4.79 Å². The highest BCUT2D eigenvalue weighted by Gasteiger charge is 2.40. The van der Waals surface area contributed by atoms with Crippen molar-refractivity contribution in [3.8, 4) is 0 Å². The van der Waals surface area contributed by atoms with E-state index in [1.807, 2.05) is 0 Å². The Morgan fingerprint density at radius 3 is 2.45 bits per heavy atom. The number of anilines is 1. The highest BCUT2D eigenvalue weighted by molar-refractivity contribution is 7.89. The Bertz CT molecular complexity index is 654. The summed E-state index contributed by atoms with van der Waals surface area (Å²) in [6.45, 7) is 0. The number of benzene rings is 1. The average Bonchev–Trinajstić information content (AvgIpc) is 3.10. The maximum atomic E-state index is 12.1. The molecule has 0 saturated heterocycles. The van der Waals surface area contributed by atoms with E-state index in [2.05, 4.69) is 10.0 Å². The van der Waals surface area contributed by atoms with Crippen molar-refractivity contribution in [1.29, 1.82) is 0 Å². The van der Waals surface area contributed by atoms with Gasteiger partial charge in [-0.2, -0.15) is 0 Å². The first-order valence-corrected chi connectivity index (χ1v) is 9.29. The Morgan fingerprint density at radius 2 is 1.91 bits per heavy atom. The number of rotatable bonds is 5. The zero-order chi connectivity index (χ0) is 15.7. The van der Waals surface area contributed by atoms with E-state index in [0.717, 1.165) is 11.8 Å². The topological polar surface area (TPSA) is 75.3 Å². The van der Waals surface area contributed by atoms with Crippen LogP contribution in [-0.4, -0.2) is 21.4 Å². The van der Waals surface area contributed by atoms with Gasteiger partial charge in [0.15, 0.2) is 0 Å². The van der Waals surface area contributed by atoms with Gasteiger partial charge in [0, 0.05) is 12.1 Å². The van der Waals surface area contributed by atoms with Crippen LogP contribution in [0.25, 0.3) is 0 Å². The molecule has 2 aliphatic rings. The van der Waals surface area contributed by atoms with Gasteiger partial charge in [0.05, 0.1) is 4.90 Å². The normalized spacial score (nSPS) is 27.0. The molecule has 2 bridgehead atoms. The van der Waals surface area contributed by atoms with Crippen LogP contribution >= 0.6 is 0 Å². The molecule has 2 fully saturated rings. The Kier molecular flexibility index (Phi) is 4.23. The number of carbonyl (C=O) groups is 1. The number of hydrogen-bond acceptors (Lipinski definition) is 3. The van der Waals surface area contributed by atoms with Gasteiger partial charge in [0.2, 0.25) is 15.9 Å². The van der Waals surface area contributed by atoms with E-state index in [9.17, 15) is 13.2 Å². The van der Waals surface area contributed by atoms with Crippen LogP contribution in [0.15, 0.2) is 29.2 Å². The molecule has 2 N–H and O–H groups in total. The molecule has 120 valence electrons. The molecule has 0 aliphatic heterocycles. The molecular formula is C16H22N2O3S. The third-order valence-corrected chi connectivity index (χ3v) is 6.48. The van der Waals surface area contributed by atoms with Gasteiger partial charge in [0.1, 0.15) is 0 Å². The van der Waals surface area contributed by atoms with Crippen molar-refractivity contribution < 1.29 is 13.2 Å². The minimum atomic E-state index is -3.43. The molecule has 3 atom stereocenters. The number of nitrogens with one attached hydrogen (secondary N) is 2. The second kappa shape index (κ2) is 6.01. The lowest BCUT2D eigenvalue weighted by molar-refractivity contribution is -0.117. The third kappa shape index (κ3) is 3.17. The smallest absolute Gasteiger partial charge is 0.240 e. The van der Waals surface area contributed by atoms with Gasteiger partial charge in [-0.15, -0.1) is 0 Å². The lowest BCUT2D eigenvalue weighted by Crippen LogP contribution is -2.20. The van der Waals surface area contributed by atoms with E-state index in [1.54, 1.807) is 12.1 Å². The molecular weight excluding hydrogens is 300 g/mol. The van der Waals surface area contributed by atoms with Crippen LogP contribution in [0, 0.1) is 17.8 Å². The van der Waals surface area contributed by atoms with Gasteiger partial charge in [0.25, 0.3) is 0 Å². The summed E-state index contributed by atoms with van der Waals surface area (Å²) in [5.74, 6) is 2.14. The van der Waals surface area contributed by atoms with E-state index >= 15 is 0 Å². The number of amides is 1. The second-order valence-electron chi connectivity index (χ2n) is 6.42. The summed E-state index contributed by atoms with van der Waals surface area (Å²) in [7, 11) is -2.06. The molecule has 1 amide bonds. The first kappa shape index (κ1) is 15.5. The lowest BCUT2D eigenvalue weighted by atomic mass is 9.86. The average molecular weight is 322 g/mol. The molecule has 3 rings (SSSR count). The highest BCUT2D eigenvalue weighted by Crippen LogP contribution is 2.49. The van der Waals surface area contributed by atoms with Crippen LogP contribution < -0.4 is 10.0 Å². The predicted molar refractivity (Wildman–Crippen MR) is 84.9 cm³/mol. The Hall–Kier alpha value is -1.40. The lowest BCUT2D eigenvalue weighted by Gasteiger charge is -2.20. The first-order valence-electron chi connectivity index (χ1n) is 7.81. The van der Waals surface area contributed by atoms with E-state index in [0.29, 0.717) is 18.0 Å². The summed E-state index contributed by atoms with van der Waals surface area (Å²) in [5.41, 5.74) is 0.642. The third-order valence-electron chi connectivity index (χ3n) is 5.05. The van der Waals surface area contributed by atoms with E-state index in [4.69, 9.17) is 0 Å². The Labute approximate surface area is 131 Å². The molecule has 2 saturated carbocycles. The fraction of sp³-hybridized carbons (Fsp3) is 0.562. The van der Waals surface area contributed by atoms with E-state index in [-0.39, 0.29) is 10.8 Å². The largest absolute Gasteiger partial charge is 0.326 e. The van der Waals surface area contributed by atoms with Crippen LogP contribution in [0.3, 0.4) is 0 Å². The van der Waals surface area contributed by atoms with Crippen LogP contribution in [0.2, 0.25) is 0 Å². The zero-order valence-electron chi connectivity index (χ0n) is 12.7. The van der Waals surface area contributed by atoms with Crippen molar-refractivity contribution in [3.05, 3.63) is 24.3 Å². The molecule has 22 heavy (non-hydrogen) atoms. The summed E-state index contributed by atoms with van der Waals surface area (Å²) in [6.07, 6.45) is 5.69. The van der Waals surface area contributed by atoms with Crippen molar-refractivity contribution in [2.45, 2.75) is 37.0 Å². The van der Waals surface area contributed by atoms with Crippen molar-refractivity contribution >= 4 is 21.6 Å². The van der Waals surface area contributed by atoms with Gasteiger partial charge >= 0.3 is 0 Å². The van der Waals surface area contributed by atoms with Gasteiger partial charge < -0.3 is 5.32 Å². The molecule has 1 aromatic carbocycles. The van der Waals surface area contributed by atoms with E-state index < -0.39 is 10.0 Å². The van der Waals surface area contributed by atoms with Crippen LogP contribution in [0.4, 0.5) is 5.69 Å². The Balaban J connectivity index is 1.58. The summed E-state index contributed by atoms with van der Waals surface area (Å²) in [6, 6.07) is 6.25. The zero-order valence-corrected chi connectivity index (χ0v) is 13.5. The van der Waals surface area contributed by atoms with E-state index in [1.165, 1.54) is 44.9 Å². The molecule has 0 spiro atoms. The number of hydrogen-bond donors (Lipinski definition) is 2. The standard InChI is InChI=1S/C16H22N2O3S/c1-17-22(20,21)15-6-4-14(5-7-15)18-16(19)10-13-9-11-2-3-12(13)8-11/h4-7,11-13,17H,2-3,8-10H2,1H3,(H,18,19)/t11-,12-,13+/m1/s1. The fourth-order valence-corrected chi connectivity index (χ4v) is 4.64.